The molecule has 0 aromatic heterocycles. The van der Waals surface area contributed by atoms with Crippen molar-refractivity contribution in [1.29, 1.82) is 0 Å². The first-order chi connectivity index (χ1) is 11.4. The Balaban J connectivity index is 2.15. The van der Waals surface area contributed by atoms with E-state index in [4.69, 9.17) is 30.4 Å². The van der Waals surface area contributed by atoms with Gasteiger partial charge in [-0.05, 0) is 27.8 Å². The molecule has 142 valence electrons. The lowest BCUT2D eigenvalue weighted by Gasteiger charge is -2.47. The van der Waals surface area contributed by atoms with Crippen LogP contribution in [-0.2, 0) is 28.4 Å². The van der Waals surface area contributed by atoms with Gasteiger partial charge in [-0.15, -0.1) is 11.6 Å². The van der Waals surface area contributed by atoms with Crippen molar-refractivity contribution >= 4 is 30.7 Å². The van der Waals surface area contributed by atoms with Gasteiger partial charge in [0.05, 0.1) is 19.7 Å². The lowest BCUT2D eigenvalue weighted by Crippen LogP contribution is -2.64. The Morgan fingerprint density at radius 1 is 1.24 bits per heavy atom. The Bertz CT molecular complexity index is 511. The van der Waals surface area contributed by atoms with Crippen molar-refractivity contribution < 1.29 is 38.6 Å². The molecule has 2 aliphatic heterocycles. The monoisotopic (exact) mass is 379 g/mol. The maximum atomic E-state index is 11.8. The third kappa shape index (κ3) is 5.05. The predicted molar refractivity (Wildman–Crippen MR) is 86.6 cm³/mol. The van der Waals surface area contributed by atoms with E-state index in [9.17, 15) is 19.8 Å². The summed E-state index contributed by atoms with van der Waals surface area (Å²) in [6, 6.07) is 0. The van der Waals surface area contributed by atoms with Crippen molar-refractivity contribution in [2.24, 2.45) is 0 Å². The number of hydrogen-bond donors (Lipinski definition) is 2. The first-order valence-corrected chi connectivity index (χ1v) is 8.29. The molecule has 0 spiro atoms. The number of hydrogen-bond acceptors (Lipinski definition) is 9. The Kier molecular flexibility index (Phi) is 6.02. The number of carbonyl (C=O) groups is 2. The summed E-state index contributed by atoms with van der Waals surface area (Å²) in [6.07, 6.45) is -2.65. The highest BCUT2D eigenvalue weighted by atomic mass is 35.5. The van der Waals surface area contributed by atoms with E-state index in [1.165, 1.54) is 11.8 Å². The van der Waals surface area contributed by atoms with E-state index in [2.05, 4.69) is 0 Å². The zero-order chi connectivity index (χ0) is 19.0. The van der Waals surface area contributed by atoms with Gasteiger partial charge in [-0.2, -0.15) is 0 Å². The molecule has 2 saturated heterocycles. The van der Waals surface area contributed by atoms with Gasteiger partial charge < -0.3 is 29.0 Å². The number of ether oxygens (including phenoxy) is 2. The Hall–Kier alpha value is -0.905. The number of alkyl halides is 1. The highest BCUT2D eigenvalue weighted by Gasteiger charge is 2.53. The Morgan fingerprint density at radius 2 is 1.76 bits per heavy atom. The molecule has 0 saturated carbocycles. The van der Waals surface area contributed by atoms with Crippen LogP contribution in [0.5, 0.6) is 0 Å². The lowest BCUT2D eigenvalue weighted by molar-refractivity contribution is -0.343. The summed E-state index contributed by atoms with van der Waals surface area (Å²) < 4.78 is 21.0. The number of nitrogens with zero attached hydrogens (tertiary/aromatic N) is 1. The van der Waals surface area contributed by atoms with E-state index in [0.29, 0.717) is 0 Å². The summed E-state index contributed by atoms with van der Waals surface area (Å²) in [6.45, 7) is 4.33. The van der Waals surface area contributed by atoms with Gasteiger partial charge >= 0.3 is 19.1 Å². The van der Waals surface area contributed by atoms with Crippen LogP contribution in [0.4, 0.5) is 0 Å². The number of carbonyl (C=O) groups excluding carboxylic acids is 2. The zero-order valence-corrected chi connectivity index (χ0v) is 15.4. The summed E-state index contributed by atoms with van der Waals surface area (Å²) in [7, 11) is 0.0566. The van der Waals surface area contributed by atoms with E-state index in [0.717, 1.165) is 0 Å². The first kappa shape index (κ1) is 20.4. The van der Waals surface area contributed by atoms with Gasteiger partial charge in [0.15, 0.2) is 5.79 Å². The van der Waals surface area contributed by atoms with Crippen molar-refractivity contribution in [2.45, 2.75) is 49.6 Å². The van der Waals surface area contributed by atoms with Crippen LogP contribution in [0.2, 0.25) is 0 Å². The van der Waals surface area contributed by atoms with Crippen LogP contribution in [-0.4, -0.2) is 89.8 Å². The highest BCUT2D eigenvalue weighted by Crippen LogP contribution is 2.33. The van der Waals surface area contributed by atoms with E-state index < -0.39 is 47.9 Å². The van der Waals surface area contributed by atoms with E-state index >= 15 is 0 Å². The molecule has 2 heterocycles. The third-order valence-corrected chi connectivity index (χ3v) is 4.39. The molecule has 2 fully saturated rings. The summed E-state index contributed by atoms with van der Waals surface area (Å²) in [5.41, 5.74) is -1.54. The number of aliphatic hydroxyl groups excluding tert-OH is 1. The van der Waals surface area contributed by atoms with Crippen molar-refractivity contribution in [2.75, 3.05) is 26.7 Å². The van der Waals surface area contributed by atoms with Crippen LogP contribution in [0.15, 0.2) is 0 Å². The molecule has 0 aromatic rings. The SMILES string of the molecule is CN1CC(=O)OB([C@@H](Cl)[C@H](O)[C@@H]2OC(C)(C)OC[C@@]2(C)O)OC(=O)C1. The van der Waals surface area contributed by atoms with Gasteiger partial charge in [0.2, 0.25) is 0 Å². The molecule has 9 nitrogen and oxygen atoms in total. The van der Waals surface area contributed by atoms with E-state index in [-0.39, 0.29) is 19.7 Å². The van der Waals surface area contributed by atoms with Gasteiger partial charge in [-0.1, -0.05) is 0 Å². The molecule has 0 aromatic carbocycles. The lowest BCUT2D eigenvalue weighted by atomic mass is 9.76. The van der Waals surface area contributed by atoms with E-state index in [1.54, 1.807) is 20.9 Å². The predicted octanol–water partition coefficient (Wildman–Crippen LogP) is -1.08. The fourth-order valence-electron chi connectivity index (χ4n) is 2.62. The van der Waals surface area contributed by atoms with Crippen molar-refractivity contribution in [1.82, 2.24) is 4.90 Å². The van der Waals surface area contributed by atoms with Gasteiger partial charge in [-0.3, -0.25) is 14.5 Å². The van der Waals surface area contributed by atoms with Gasteiger partial charge in [-0.25, -0.2) is 0 Å². The normalized spacial score (nSPS) is 33.7. The molecule has 25 heavy (non-hydrogen) atoms. The Labute approximate surface area is 151 Å². The average molecular weight is 380 g/mol. The number of aliphatic hydroxyl groups is 2. The quantitative estimate of drug-likeness (QED) is 0.466. The molecule has 2 aliphatic rings. The maximum Gasteiger partial charge on any atom is 0.620 e. The molecule has 0 unspecified atom stereocenters. The average Bonchev–Trinajstić information content (AvgIpc) is 2.46. The van der Waals surface area contributed by atoms with Crippen molar-refractivity contribution in [3.05, 3.63) is 0 Å². The fraction of sp³-hybridized carbons (Fsp3) is 0.857. The molecule has 2 N–H and O–H groups in total. The molecule has 11 heteroatoms. The molecule has 0 radical (unpaired) electrons. The third-order valence-electron chi connectivity index (χ3n) is 3.93. The second-order valence-corrected chi connectivity index (χ2v) is 7.54. The summed E-state index contributed by atoms with van der Waals surface area (Å²) in [4.78, 5) is 25.0. The topological polar surface area (TPSA) is 115 Å². The van der Waals surface area contributed by atoms with Gasteiger partial charge in [0.1, 0.15) is 23.1 Å². The van der Waals surface area contributed by atoms with Crippen LogP contribution < -0.4 is 0 Å². The number of rotatable bonds is 3. The standard InChI is InChI=1S/C14H23BClNO8/c1-13(2)22-7-14(3,21)11(23-13)10(20)12(16)15-24-8(18)5-17(4)6-9(19)25-15/h10-12,20-21H,5-7H2,1-4H3/t10-,11+,12+,14-/m1/s1. The molecule has 0 amide bonds. The minimum Gasteiger partial charge on any atom is -0.497 e. The molecule has 0 aliphatic carbocycles. The van der Waals surface area contributed by atoms with Crippen LogP contribution >= 0.6 is 11.6 Å². The molecular formula is C14H23BClNO8. The molecular weight excluding hydrogens is 356 g/mol. The summed E-state index contributed by atoms with van der Waals surface area (Å²) >= 11 is 6.21. The smallest absolute Gasteiger partial charge is 0.497 e. The Morgan fingerprint density at radius 3 is 2.28 bits per heavy atom. The molecule has 4 atom stereocenters. The van der Waals surface area contributed by atoms with Crippen LogP contribution in [0.3, 0.4) is 0 Å². The minimum atomic E-state index is -1.54. The zero-order valence-electron chi connectivity index (χ0n) is 14.6. The molecule has 2 rings (SSSR count). The van der Waals surface area contributed by atoms with Gasteiger partial charge in [0.25, 0.3) is 0 Å². The fourth-order valence-corrected chi connectivity index (χ4v) is 2.85. The minimum absolute atomic E-state index is 0.0969. The highest BCUT2D eigenvalue weighted by molar-refractivity contribution is 6.62. The van der Waals surface area contributed by atoms with Crippen LogP contribution in [0.1, 0.15) is 20.8 Å². The summed E-state index contributed by atoms with van der Waals surface area (Å²) in [5.74, 6) is -2.36. The number of likely N-dealkylation sites (N-methyl/N-ethyl adjacent to an activating group) is 1. The number of halogens is 1. The van der Waals surface area contributed by atoms with Crippen molar-refractivity contribution in [3.8, 4) is 0 Å². The van der Waals surface area contributed by atoms with Crippen LogP contribution in [0.25, 0.3) is 0 Å². The van der Waals surface area contributed by atoms with Crippen LogP contribution in [0, 0.1) is 0 Å². The second kappa shape index (κ2) is 7.38. The first-order valence-electron chi connectivity index (χ1n) is 7.85. The largest absolute Gasteiger partial charge is 0.620 e. The second-order valence-electron chi connectivity index (χ2n) is 7.04. The molecule has 0 bridgehead atoms. The van der Waals surface area contributed by atoms with Crippen molar-refractivity contribution in [3.63, 3.8) is 0 Å². The van der Waals surface area contributed by atoms with Gasteiger partial charge in [0, 0.05) is 0 Å². The maximum absolute atomic E-state index is 11.8. The van der Waals surface area contributed by atoms with E-state index in [1.807, 2.05) is 0 Å². The summed E-state index contributed by atoms with van der Waals surface area (Å²) in [5, 5.41) is 19.7.